The molecule has 2 N–H and O–H groups in total. The number of nitrogens with one attached hydrogen (secondary N) is 2. The van der Waals surface area contributed by atoms with E-state index < -0.39 is 11.0 Å². The fourth-order valence-electron chi connectivity index (χ4n) is 2.23. The lowest BCUT2D eigenvalue weighted by molar-refractivity contribution is -0.384. The molecule has 1 aromatic rings. The highest BCUT2D eigenvalue weighted by atomic mass is 32.1. The molecule has 1 atom stereocenters. The Morgan fingerprint density at radius 1 is 1.45 bits per heavy atom. The summed E-state index contributed by atoms with van der Waals surface area (Å²) in [6.45, 7) is 3.22. The maximum absolute atomic E-state index is 11.8. The first-order valence-electron chi connectivity index (χ1n) is 5.93. The van der Waals surface area contributed by atoms with Crippen LogP contribution in [0.3, 0.4) is 0 Å². The molecule has 2 rings (SSSR count). The van der Waals surface area contributed by atoms with Gasteiger partial charge in [0, 0.05) is 23.4 Å². The zero-order chi connectivity index (χ0) is 14.9. The van der Waals surface area contributed by atoms with Crippen molar-refractivity contribution >= 4 is 28.8 Å². The van der Waals surface area contributed by atoms with Gasteiger partial charge in [-0.2, -0.15) is 0 Å². The fraction of sp³-hybridized carbons (Fsp3) is 0.231. The minimum absolute atomic E-state index is 0.0192. The molecule has 0 unspecified atom stereocenters. The number of Topliss-reactive ketones (excluding diaryl/α,β-unsaturated/α-hetero) is 1. The molecule has 1 aliphatic rings. The predicted octanol–water partition coefficient (Wildman–Crippen LogP) is 1.98. The standard InChI is InChI=1S/C13H13N3O3S/c1-7-11(8(2)17)12(15-13(20)14-7)9-4-3-5-10(6-9)16(18)19/h3-6,12H,1-2H3,(H2,14,15,20)/t12-/m0/s1. The topological polar surface area (TPSA) is 84.3 Å². The van der Waals surface area contributed by atoms with E-state index >= 15 is 0 Å². The number of allylic oxidation sites excluding steroid dienone is 1. The Kier molecular flexibility index (Phi) is 3.80. The van der Waals surface area contributed by atoms with Gasteiger partial charge < -0.3 is 10.6 Å². The Morgan fingerprint density at radius 3 is 2.75 bits per heavy atom. The molecule has 6 nitrogen and oxygen atoms in total. The van der Waals surface area contributed by atoms with Gasteiger partial charge in [-0.15, -0.1) is 0 Å². The second kappa shape index (κ2) is 5.38. The molecule has 0 radical (unpaired) electrons. The van der Waals surface area contributed by atoms with Crippen molar-refractivity contribution in [1.29, 1.82) is 0 Å². The molecule has 0 saturated carbocycles. The van der Waals surface area contributed by atoms with Gasteiger partial charge in [0.1, 0.15) is 0 Å². The van der Waals surface area contributed by atoms with Crippen LogP contribution in [0.25, 0.3) is 0 Å². The van der Waals surface area contributed by atoms with Crippen molar-refractivity contribution in [3.05, 3.63) is 51.2 Å². The van der Waals surface area contributed by atoms with E-state index in [9.17, 15) is 14.9 Å². The Labute approximate surface area is 121 Å². The Bertz CT molecular complexity index is 640. The SMILES string of the molecule is CC(=O)C1=C(C)NC(=S)N[C@H]1c1cccc([N+](=O)[O-])c1. The van der Waals surface area contributed by atoms with Gasteiger partial charge in [-0.3, -0.25) is 14.9 Å². The van der Waals surface area contributed by atoms with Crippen LogP contribution in [0.15, 0.2) is 35.5 Å². The molecule has 0 amide bonds. The van der Waals surface area contributed by atoms with Gasteiger partial charge in [0.05, 0.1) is 11.0 Å². The molecule has 0 saturated heterocycles. The highest BCUT2D eigenvalue weighted by molar-refractivity contribution is 7.80. The number of non-ortho nitro benzene ring substituents is 1. The molecule has 0 fully saturated rings. The number of rotatable bonds is 3. The maximum Gasteiger partial charge on any atom is 0.269 e. The van der Waals surface area contributed by atoms with Gasteiger partial charge in [0.15, 0.2) is 10.9 Å². The predicted molar refractivity (Wildman–Crippen MR) is 78.1 cm³/mol. The Balaban J connectivity index is 2.51. The van der Waals surface area contributed by atoms with Crippen molar-refractivity contribution in [3.8, 4) is 0 Å². The molecule has 7 heteroatoms. The van der Waals surface area contributed by atoms with Crippen LogP contribution in [-0.2, 0) is 4.79 Å². The summed E-state index contributed by atoms with van der Waals surface area (Å²) in [7, 11) is 0. The van der Waals surface area contributed by atoms with E-state index in [-0.39, 0.29) is 11.5 Å². The van der Waals surface area contributed by atoms with Gasteiger partial charge in [0.25, 0.3) is 5.69 Å². The molecule has 0 bridgehead atoms. The van der Waals surface area contributed by atoms with Crippen LogP contribution in [0.2, 0.25) is 0 Å². The van der Waals surface area contributed by atoms with Crippen molar-refractivity contribution in [2.24, 2.45) is 0 Å². The van der Waals surface area contributed by atoms with Crippen molar-refractivity contribution in [3.63, 3.8) is 0 Å². The summed E-state index contributed by atoms with van der Waals surface area (Å²) in [6, 6.07) is 5.71. The number of hydrogen-bond donors (Lipinski definition) is 2. The number of carbonyl (C=O) groups excluding carboxylic acids is 1. The third-order valence-electron chi connectivity index (χ3n) is 3.06. The average Bonchev–Trinajstić information content (AvgIpc) is 2.37. The molecule has 0 spiro atoms. The van der Waals surface area contributed by atoms with E-state index in [1.165, 1.54) is 19.1 Å². The van der Waals surface area contributed by atoms with Crippen molar-refractivity contribution in [1.82, 2.24) is 10.6 Å². The summed E-state index contributed by atoms with van der Waals surface area (Å²) in [6.07, 6.45) is 0. The number of thiocarbonyl (C=S) groups is 1. The minimum Gasteiger partial charge on any atom is -0.351 e. The smallest absolute Gasteiger partial charge is 0.269 e. The van der Waals surface area contributed by atoms with E-state index in [1.807, 2.05) is 0 Å². The Morgan fingerprint density at radius 2 is 2.15 bits per heavy atom. The lowest BCUT2D eigenvalue weighted by atomic mass is 9.93. The first-order valence-corrected chi connectivity index (χ1v) is 6.34. The summed E-state index contributed by atoms with van der Waals surface area (Å²) in [5.74, 6) is -0.110. The molecule has 1 heterocycles. The van der Waals surface area contributed by atoms with Crippen molar-refractivity contribution < 1.29 is 9.72 Å². The largest absolute Gasteiger partial charge is 0.351 e. The highest BCUT2D eigenvalue weighted by Gasteiger charge is 2.28. The van der Waals surface area contributed by atoms with Gasteiger partial charge >= 0.3 is 0 Å². The highest BCUT2D eigenvalue weighted by Crippen LogP contribution is 2.29. The third kappa shape index (κ3) is 2.67. The van der Waals surface area contributed by atoms with Crippen LogP contribution in [-0.4, -0.2) is 15.8 Å². The summed E-state index contributed by atoms with van der Waals surface area (Å²) in [5.41, 5.74) is 1.80. The summed E-state index contributed by atoms with van der Waals surface area (Å²) in [4.78, 5) is 22.2. The number of ketones is 1. The van der Waals surface area contributed by atoms with Crippen LogP contribution < -0.4 is 10.6 Å². The first-order chi connectivity index (χ1) is 9.40. The van der Waals surface area contributed by atoms with E-state index in [0.29, 0.717) is 21.9 Å². The van der Waals surface area contributed by atoms with E-state index in [4.69, 9.17) is 12.2 Å². The molecular weight excluding hydrogens is 278 g/mol. The second-order valence-corrected chi connectivity index (χ2v) is 4.89. The van der Waals surface area contributed by atoms with Crippen LogP contribution in [0.5, 0.6) is 0 Å². The van der Waals surface area contributed by atoms with Crippen molar-refractivity contribution in [2.45, 2.75) is 19.9 Å². The van der Waals surface area contributed by atoms with Crippen LogP contribution in [0, 0.1) is 10.1 Å². The zero-order valence-corrected chi connectivity index (χ0v) is 11.8. The minimum atomic E-state index is -0.471. The maximum atomic E-state index is 11.8. The lowest BCUT2D eigenvalue weighted by Crippen LogP contribution is -2.44. The summed E-state index contributed by atoms with van der Waals surface area (Å²) < 4.78 is 0. The summed E-state index contributed by atoms with van der Waals surface area (Å²) >= 11 is 5.08. The monoisotopic (exact) mass is 291 g/mol. The van der Waals surface area contributed by atoms with E-state index in [0.717, 1.165) is 0 Å². The first kappa shape index (κ1) is 14.1. The van der Waals surface area contributed by atoms with Gasteiger partial charge in [-0.05, 0) is 31.6 Å². The van der Waals surface area contributed by atoms with Gasteiger partial charge in [0.2, 0.25) is 0 Å². The number of nitro groups is 1. The third-order valence-corrected chi connectivity index (χ3v) is 3.28. The van der Waals surface area contributed by atoms with Crippen LogP contribution in [0.1, 0.15) is 25.5 Å². The number of benzene rings is 1. The average molecular weight is 291 g/mol. The normalized spacial score (nSPS) is 18.3. The van der Waals surface area contributed by atoms with E-state index in [2.05, 4.69) is 10.6 Å². The van der Waals surface area contributed by atoms with Crippen molar-refractivity contribution in [2.75, 3.05) is 0 Å². The van der Waals surface area contributed by atoms with Crippen LogP contribution >= 0.6 is 12.2 Å². The molecular formula is C13H13N3O3S. The number of nitro benzene ring substituents is 1. The number of hydrogen-bond acceptors (Lipinski definition) is 4. The molecule has 0 aromatic heterocycles. The quantitative estimate of drug-likeness (QED) is 0.503. The molecule has 20 heavy (non-hydrogen) atoms. The second-order valence-electron chi connectivity index (χ2n) is 4.48. The fourth-order valence-corrected chi connectivity index (χ4v) is 2.50. The Hall–Kier alpha value is -2.28. The lowest BCUT2D eigenvalue weighted by Gasteiger charge is -2.29. The van der Waals surface area contributed by atoms with E-state index in [1.54, 1.807) is 19.1 Å². The zero-order valence-electron chi connectivity index (χ0n) is 11.0. The number of carbonyl (C=O) groups is 1. The molecule has 104 valence electrons. The molecule has 1 aromatic carbocycles. The van der Waals surface area contributed by atoms with Gasteiger partial charge in [-0.1, -0.05) is 12.1 Å². The number of nitrogens with zero attached hydrogens (tertiary/aromatic N) is 1. The molecule has 1 aliphatic heterocycles. The van der Waals surface area contributed by atoms with Gasteiger partial charge in [-0.25, -0.2) is 0 Å². The summed E-state index contributed by atoms with van der Waals surface area (Å²) in [5, 5.41) is 17.1. The van der Waals surface area contributed by atoms with Crippen LogP contribution in [0.4, 0.5) is 5.69 Å². The molecule has 0 aliphatic carbocycles.